The molecule has 5 heteroatoms. The Morgan fingerprint density at radius 2 is 1.48 bits per heavy atom. The van der Waals surface area contributed by atoms with Crippen molar-refractivity contribution in [3.05, 3.63) is 12.7 Å². The van der Waals surface area contributed by atoms with Crippen molar-refractivity contribution in [3.8, 4) is 0 Å². The van der Waals surface area contributed by atoms with Crippen LogP contribution in [-0.4, -0.2) is 31.3 Å². The summed E-state index contributed by atoms with van der Waals surface area (Å²) in [6.07, 6.45) is 14.0. The van der Waals surface area contributed by atoms with Crippen LogP contribution in [0.15, 0.2) is 12.7 Å². The van der Waals surface area contributed by atoms with Crippen molar-refractivity contribution < 1.29 is 19.1 Å². The van der Waals surface area contributed by atoms with Gasteiger partial charge in [-0.15, -0.1) is 0 Å². The van der Waals surface area contributed by atoms with Crippen LogP contribution in [0.3, 0.4) is 0 Å². The van der Waals surface area contributed by atoms with E-state index in [1.165, 1.54) is 57.4 Å². The first-order chi connectivity index (χ1) is 13.1. The minimum absolute atomic E-state index is 0.0125. The Labute approximate surface area is 166 Å². The second-order valence-electron chi connectivity index (χ2n) is 7.24. The molecule has 2 unspecified atom stereocenters. The molecule has 0 saturated carbocycles. The molecule has 0 spiro atoms. The van der Waals surface area contributed by atoms with Crippen molar-refractivity contribution >= 4 is 12.1 Å². The summed E-state index contributed by atoms with van der Waals surface area (Å²) in [5, 5.41) is 2.61. The Bertz CT molecular complexity index is 398. The molecule has 0 aromatic rings. The predicted octanol–water partition coefficient (Wildman–Crippen LogP) is 5.78. The van der Waals surface area contributed by atoms with Gasteiger partial charge in [-0.2, -0.15) is 0 Å². The predicted molar refractivity (Wildman–Crippen MR) is 111 cm³/mol. The fraction of sp³-hybridized carbons (Fsp3) is 0.818. The van der Waals surface area contributed by atoms with Crippen molar-refractivity contribution in [1.29, 1.82) is 0 Å². The van der Waals surface area contributed by atoms with Crippen molar-refractivity contribution in [3.63, 3.8) is 0 Å². The van der Waals surface area contributed by atoms with Crippen LogP contribution in [0, 0.1) is 5.92 Å². The molecule has 0 bridgehead atoms. The quantitative estimate of drug-likeness (QED) is 0.196. The molecule has 0 aliphatic rings. The van der Waals surface area contributed by atoms with Crippen LogP contribution in [-0.2, 0) is 14.3 Å². The number of ether oxygens (including phenoxy) is 2. The standard InChI is InChI=1S/C22H41NO4/c1-5-8-9-10-11-12-13-14-15-16-18-26-21(24)20(19(4)7-3)23-22(25)27-17-6-2/h6,19-20H,2,5,7-18H2,1,3-4H3,(H,23,25). The SMILES string of the molecule is C=CCOC(=O)NC(C(=O)OCCCCCCCCCCCC)C(C)CC. The highest BCUT2D eigenvalue weighted by Crippen LogP contribution is 2.12. The van der Waals surface area contributed by atoms with E-state index in [1.54, 1.807) is 0 Å². The van der Waals surface area contributed by atoms with Crippen LogP contribution in [0.2, 0.25) is 0 Å². The molecule has 0 aliphatic carbocycles. The third-order valence-electron chi connectivity index (χ3n) is 4.81. The first-order valence-corrected chi connectivity index (χ1v) is 10.8. The molecule has 0 aliphatic heterocycles. The lowest BCUT2D eigenvalue weighted by molar-refractivity contribution is -0.147. The smallest absolute Gasteiger partial charge is 0.408 e. The van der Waals surface area contributed by atoms with Gasteiger partial charge in [-0.25, -0.2) is 9.59 Å². The van der Waals surface area contributed by atoms with Gasteiger partial charge in [0.2, 0.25) is 0 Å². The normalized spacial score (nSPS) is 12.9. The zero-order chi connectivity index (χ0) is 20.3. The molecule has 5 nitrogen and oxygen atoms in total. The first kappa shape index (κ1) is 25.5. The van der Waals surface area contributed by atoms with Gasteiger partial charge in [0.05, 0.1) is 6.61 Å². The third kappa shape index (κ3) is 14.2. The molecule has 0 fully saturated rings. The number of carbonyl (C=O) groups excluding carboxylic acids is 2. The van der Waals surface area contributed by atoms with E-state index < -0.39 is 12.1 Å². The van der Waals surface area contributed by atoms with E-state index in [1.807, 2.05) is 13.8 Å². The van der Waals surface area contributed by atoms with Gasteiger partial charge in [0.25, 0.3) is 0 Å². The maximum Gasteiger partial charge on any atom is 0.408 e. The number of amides is 1. The summed E-state index contributed by atoms with van der Waals surface area (Å²) >= 11 is 0. The Hall–Kier alpha value is -1.52. The lowest BCUT2D eigenvalue weighted by atomic mass is 9.99. The Balaban J connectivity index is 3.90. The van der Waals surface area contributed by atoms with E-state index in [0.717, 1.165) is 19.3 Å². The molecule has 158 valence electrons. The number of carbonyl (C=O) groups is 2. The molecule has 1 amide bonds. The van der Waals surface area contributed by atoms with E-state index >= 15 is 0 Å². The van der Waals surface area contributed by atoms with Crippen LogP contribution in [0.4, 0.5) is 4.79 Å². The highest BCUT2D eigenvalue weighted by atomic mass is 16.6. The maximum atomic E-state index is 12.3. The largest absolute Gasteiger partial charge is 0.464 e. The Morgan fingerprint density at radius 1 is 0.926 bits per heavy atom. The molecular weight excluding hydrogens is 342 g/mol. The van der Waals surface area contributed by atoms with Crippen molar-refractivity contribution in [2.45, 2.75) is 97.4 Å². The second-order valence-corrected chi connectivity index (χ2v) is 7.24. The van der Waals surface area contributed by atoms with Crippen LogP contribution in [0.25, 0.3) is 0 Å². The molecule has 0 rings (SSSR count). The van der Waals surface area contributed by atoms with Gasteiger partial charge < -0.3 is 14.8 Å². The molecule has 0 heterocycles. The highest BCUT2D eigenvalue weighted by Gasteiger charge is 2.27. The number of hydrogen-bond donors (Lipinski definition) is 1. The maximum absolute atomic E-state index is 12.3. The number of unbranched alkanes of at least 4 members (excludes halogenated alkanes) is 9. The van der Waals surface area contributed by atoms with Gasteiger partial charge in [0, 0.05) is 0 Å². The molecule has 0 aromatic carbocycles. The molecule has 1 N–H and O–H groups in total. The minimum atomic E-state index is -0.671. The zero-order valence-electron chi connectivity index (χ0n) is 17.8. The van der Waals surface area contributed by atoms with E-state index in [0.29, 0.717) is 6.61 Å². The summed E-state index contributed by atoms with van der Waals surface area (Å²) in [4.78, 5) is 24.0. The molecule has 0 saturated heterocycles. The summed E-state index contributed by atoms with van der Waals surface area (Å²) in [5.41, 5.74) is 0. The average Bonchev–Trinajstić information content (AvgIpc) is 2.67. The van der Waals surface area contributed by atoms with Gasteiger partial charge in [-0.3, -0.25) is 0 Å². The topological polar surface area (TPSA) is 64.6 Å². The summed E-state index contributed by atoms with van der Waals surface area (Å²) in [5.74, 6) is -0.391. The van der Waals surface area contributed by atoms with Gasteiger partial charge >= 0.3 is 12.1 Å². The van der Waals surface area contributed by atoms with Crippen LogP contribution < -0.4 is 5.32 Å². The van der Waals surface area contributed by atoms with E-state index in [-0.39, 0.29) is 18.5 Å². The zero-order valence-corrected chi connectivity index (χ0v) is 17.8. The Kier molecular flexibility index (Phi) is 16.9. The number of alkyl carbamates (subject to hydrolysis) is 1. The van der Waals surface area contributed by atoms with Crippen LogP contribution >= 0.6 is 0 Å². The van der Waals surface area contributed by atoms with E-state index in [9.17, 15) is 9.59 Å². The molecule has 27 heavy (non-hydrogen) atoms. The molecular formula is C22H41NO4. The minimum Gasteiger partial charge on any atom is -0.464 e. The summed E-state index contributed by atoms with van der Waals surface area (Å²) < 4.78 is 10.3. The Morgan fingerprint density at radius 3 is 2.00 bits per heavy atom. The molecule has 0 aromatic heterocycles. The van der Waals surface area contributed by atoms with Crippen molar-refractivity contribution in [2.75, 3.05) is 13.2 Å². The lowest BCUT2D eigenvalue weighted by Crippen LogP contribution is -2.46. The van der Waals surface area contributed by atoms with Crippen molar-refractivity contribution in [2.24, 2.45) is 5.92 Å². The van der Waals surface area contributed by atoms with Gasteiger partial charge in [-0.05, 0) is 12.3 Å². The molecule has 2 atom stereocenters. The van der Waals surface area contributed by atoms with Gasteiger partial charge in [0.1, 0.15) is 12.6 Å². The van der Waals surface area contributed by atoms with Crippen LogP contribution in [0.5, 0.6) is 0 Å². The number of hydrogen-bond acceptors (Lipinski definition) is 4. The second kappa shape index (κ2) is 17.9. The summed E-state index contributed by atoms with van der Waals surface area (Å²) in [6, 6.07) is -0.671. The third-order valence-corrected chi connectivity index (χ3v) is 4.81. The average molecular weight is 384 g/mol. The van der Waals surface area contributed by atoms with Gasteiger partial charge in [-0.1, -0.05) is 97.6 Å². The van der Waals surface area contributed by atoms with E-state index in [2.05, 4.69) is 18.8 Å². The number of rotatable bonds is 17. The van der Waals surface area contributed by atoms with E-state index in [4.69, 9.17) is 9.47 Å². The summed E-state index contributed by atoms with van der Waals surface area (Å²) in [6.45, 7) is 10.2. The lowest BCUT2D eigenvalue weighted by Gasteiger charge is -2.22. The number of nitrogens with one attached hydrogen (secondary N) is 1. The highest BCUT2D eigenvalue weighted by molar-refractivity contribution is 5.81. The summed E-state index contributed by atoms with van der Waals surface area (Å²) in [7, 11) is 0. The molecule has 0 radical (unpaired) electrons. The number of esters is 1. The first-order valence-electron chi connectivity index (χ1n) is 10.8. The monoisotopic (exact) mass is 383 g/mol. The van der Waals surface area contributed by atoms with Gasteiger partial charge in [0.15, 0.2) is 0 Å². The van der Waals surface area contributed by atoms with Crippen LogP contribution in [0.1, 0.15) is 91.4 Å². The fourth-order valence-corrected chi connectivity index (χ4v) is 2.82. The fourth-order valence-electron chi connectivity index (χ4n) is 2.82. The van der Waals surface area contributed by atoms with Crippen molar-refractivity contribution in [1.82, 2.24) is 5.32 Å².